The van der Waals surface area contributed by atoms with Gasteiger partial charge in [-0.3, -0.25) is 4.79 Å². The third-order valence-electron chi connectivity index (χ3n) is 2.76. The van der Waals surface area contributed by atoms with Crippen LogP contribution in [0.3, 0.4) is 0 Å². The van der Waals surface area contributed by atoms with Crippen LogP contribution in [0, 0.1) is 11.2 Å². The molecule has 1 aromatic rings. The Bertz CT molecular complexity index is 442. The zero-order chi connectivity index (χ0) is 13.1. The maximum atomic E-state index is 13.9. The molecule has 0 spiro atoms. The van der Waals surface area contributed by atoms with Gasteiger partial charge in [0.05, 0.1) is 12.5 Å². The average molecular weight is 238 g/mol. The van der Waals surface area contributed by atoms with Crippen LogP contribution in [-0.2, 0) is 11.2 Å². The first kappa shape index (κ1) is 13.2. The van der Waals surface area contributed by atoms with Gasteiger partial charge in [-0.25, -0.2) is 4.39 Å². The molecule has 0 radical (unpaired) electrons. The molecule has 0 aromatic heterocycles. The molecule has 0 saturated heterocycles. The zero-order valence-corrected chi connectivity index (χ0v) is 9.87. The highest BCUT2D eigenvalue weighted by molar-refractivity contribution is 5.76. The molecule has 0 aliphatic heterocycles. The summed E-state index contributed by atoms with van der Waals surface area (Å²) in [6.07, 6.45) is 1.35. The predicted octanol–water partition coefficient (Wildman–Crippen LogP) is 2.65. The molecule has 0 bridgehead atoms. The summed E-state index contributed by atoms with van der Waals surface area (Å²) in [5.74, 6) is -1.45. The summed E-state index contributed by atoms with van der Waals surface area (Å²) >= 11 is 0. The largest absolute Gasteiger partial charge is 0.494 e. The highest BCUT2D eigenvalue weighted by atomic mass is 19.1. The first-order chi connectivity index (χ1) is 7.94. The van der Waals surface area contributed by atoms with Crippen LogP contribution in [0.4, 0.5) is 4.39 Å². The molecule has 0 amide bonds. The summed E-state index contributed by atoms with van der Waals surface area (Å²) in [6, 6.07) is 4.66. The fourth-order valence-corrected chi connectivity index (χ4v) is 1.48. The van der Waals surface area contributed by atoms with Crippen LogP contribution in [-0.4, -0.2) is 18.2 Å². The highest BCUT2D eigenvalue weighted by Gasteiger charge is 2.31. The number of ether oxygens (including phenoxy) is 1. The average Bonchev–Trinajstić information content (AvgIpc) is 2.31. The van der Waals surface area contributed by atoms with E-state index in [9.17, 15) is 9.18 Å². The monoisotopic (exact) mass is 238 g/mol. The molecule has 0 fully saturated rings. The maximum Gasteiger partial charge on any atom is 0.313 e. The molecular weight excluding hydrogens is 223 g/mol. The summed E-state index contributed by atoms with van der Waals surface area (Å²) in [6.45, 7) is 4.99. The van der Waals surface area contributed by atoms with E-state index in [4.69, 9.17) is 9.84 Å². The zero-order valence-electron chi connectivity index (χ0n) is 9.87. The number of benzene rings is 1. The van der Waals surface area contributed by atoms with Gasteiger partial charge in [0, 0.05) is 0 Å². The minimum Gasteiger partial charge on any atom is -0.494 e. The van der Waals surface area contributed by atoms with Gasteiger partial charge in [0.2, 0.25) is 0 Å². The topological polar surface area (TPSA) is 46.5 Å². The molecule has 4 heteroatoms. The van der Waals surface area contributed by atoms with E-state index in [-0.39, 0.29) is 12.2 Å². The number of carboxylic acid groups (broad SMARTS) is 1. The Balaban J connectivity index is 3.11. The number of methoxy groups -OCH3 is 1. The summed E-state index contributed by atoms with van der Waals surface area (Å²) in [7, 11) is 1.37. The number of carboxylic acids is 1. The lowest BCUT2D eigenvalue weighted by molar-refractivity contribution is -0.145. The first-order valence-corrected chi connectivity index (χ1v) is 5.13. The molecule has 1 atom stereocenters. The standard InChI is InChI=1S/C13H15FO3/c1-4-13(2,12(15)16)8-9-6-5-7-10(17-3)11(9)14/h4-7H,1,8H2,2-3H3,(H,15,16). The minimum absolute atomic E-state index is 0.0366. The molecule has 0 saturated carbocycles. The lowest BCUT2D eigenvalue weighted by Gasteiger charge is -2.20. The van der Waals surface area contributed by atoms with Crippen molar-refractivity contribution < 1.29 is 19.0 Å². The number of carbonyl (C=O) groups is 1. The van der Waals surface area contributed by atoms with Crippen molar-refractivity contribution in [3.05, 3.63) is 42.2 Å². The maximum absolute atomic E-state index is 13.9. The van der Waals surface area contributed by atoms with E-state index in [2.05, 4.69) is 6.58 Å². The second-order valence-corrected chi connectivity index (χ2v) is 4.04. The minimum atomic E-state index is -1.19. The number of aliphatic carboxylic acids is 1. The van der Waals surface area contributed by atoms with E-state index in [1.807, 2.05) is 0 Å². The van der Waals surface area contributed by atoms with Crippen LogP contribution in [0.25, 0.3) is 0 Å². The van der Waals surface area contributed by atoms with Gasteiger partial charge in [-0.1, -0.05) is 18.2 Å². The van der Waals surface area contributed by atoms with Crippen LogP contribution < -0.4 is 4.74 Å². The lowest BCUT2D eigenvalue weighted by Crippen LogP contribution is -2.27. The van der Waals surface area contributed by atoms with Crippen molar-refractivity contribution in [2.24, 2.45) is 5.41 Å². The van der Waals surface area contributed by atoms with E-state index in [1.165, 1.54) is 26.2 Å². The van der Waals surface area contributed by atoms with E-state index in [0.29, 0.717) is 5.56 Å². The SMILES string of the molecule is C=CC(C)(Cc1cccc(OC)c1F)C(=O)O. The molecule has 1 aromatic carbocycles. The molecular formula is C13H15FO3. The first-order valence-electron chi connectivity index (χ1n) is 5.13. The summed E-state index contributed by atoms with van der Waals surface area (Å²) in [4.78, 5) is 11.1. The van der Waals surface area contributed by atoms with E-state index in [1.54, 1.807) is 12.1 Å². The van der Waals surface area contributed by atoms with Gasteiger partial charge in [-0.2, -0.15) is 0 Å². The van der Waals surface area contributed by atoms with Gasteiger partial charge in [-0.15, -0.1) is 6.58 Å². The Hall–Kier alpha value is -1.84. The molecule has 92 valence electrons. The molecule has 1 unspecified atom stereocenters. The van der Waals surface area contributed by atoms with Crippen molar-refractivity contribution in [2.75, 3.05) is 7.11 Å². The van der Waals surface area contributed by atoms with Crippen molar-refractivity contribution in [2.45, 2.75) is 13.3 Å². The third kappa shape index (κ3) is 2.64. The van der Waals surface area contributed by atoms with Crippen LogP contribution in [0.2, 0.25) is 0 Å². The number of hydrogen-bond donors (Lipinski definition) is 1. The van der Waals surface area contributed by atoms with Gasteiger partial charge < -0.3 is 9.84 Å². The molecule has 3 nitrogen and oxygen atoms in total. The van der Waals surface area contributed by atoms with Crippen LogP contribution in [0.15, 0.2) is 30.9 Å². The van der Waals surface area contributed by atoms with E-state index >= 15 is 0 Å². The Morgan fingerprint density at radius 3 is 2.76 bits per heavy atom. The summed E-state index contributed by atoms with van der Waals surface area (Å²) in [5.41, 5.74) is -0.887. The van der Waals surface area contributed by atoms with Crippen molar-refractivity contribution in [3.8, 4) is 5.75 Å². The summed E-state index contributed by atoms with van der Waals surface area (Å²) < 4.78 is 18.7. The number of hydrogen-bond acceptors (Lipinski definition) is 2. The van der Waals surface area contributed by atoms with Crippen molar-refractivity contribution in [1.29, 1.82) is 0 Å². The van der Waals surface area contributed by atoms with Crippen LogP contribution in [0.1, 0.15) is 12.5 Å². The van der Waals surface area contributed by atoms with Gasteiger partial charge in [0.25, 0.3) is 0 Å². The predicted molar refractivity (Wildman–Crippen MR) is 62.6 cm³/mol. The third-order valence-corrected chi connectivity index (χ3v) is 2.76. The Labute approximate surface area is 99.5 Å². The Kier molecular flexibility index (Phi) is 3.89. The highest BCUT2D eigenvalue weighted by Crippen LogP contribution is 2.28. The van der Waals surface area contributed by atoms with Crippen molar-refractivity contribution >= 4 is 5.97 Å². The number of rotatable bonds is 5. The van der Waals surface area contributed by atoms with E-state index < -0.39 is 17.2 Å². The molecule has 17 heavy (non-hydrogen) atoms. The smallest absolute Gasteiger partial charge is 0.313 e. The van der Waals surface area contributed by atoms with Crippen molar-refractivity contribution in [3.63, 3.8) is 0 Å². The number of halogens is 1. The second-order valence-electron chi connectivity index (χ2n) is 4.04. The van der Waals surface area contributed by atoms with Gasteiger partial charge in [-0.05, 0) is 25.0 Å². The van der Waals surface area contributed by atoms with E-state index in [0.717, 1.165) is 0 Å². The molecule has 1 rings (SSSR count). The fraction of sp³-hybridized carbons (Fsp3) is 0.308. The molecule has 0 heterocycles. The molecule has 0 aliphatic carbocycles. The van der Waals surface area contributed by atoms with Crippen LogP contribution in [0.5, 0.6) is 5.75 Å². The Morgan fingerprint density at radius 2 is 2.29 bits per heavy atom. The molecule has 0 aliphatic rings. The van der Waals surface area contributed by atoms with Crippen molar-refractivity contribution in [1.82, 2.24) is 0 Å². The Morgan fingerprint density at radius 1 is 1.65 bits per heavy atom. The fourth-order valence-electron chi connectivity index (χ4n) is 1.48. The molecule has 1 N–H and O–H groups in total. The summed E-state index contributed by atoms with van der Waals surface area (Å²) in [5, 5.41) is 9.09. The second kappa shape index (κ2) is 4.99. The lowest BCUT2D eigenvalue weighted by atomic mass is 9.83. The van der Waals surface area contributed by atoms with Crippen LogP contribution >= 0.6 is 0 Å². The van der Waals surface area contributed by atoms with Gasteiger partial charge >= 0.3 is 5.97 Å². The normalized spacial score (nSPS) is 13.8. The van der Waals surface area contributed by atoms with Gasteiger partial charge in [0.15, 0.2) is 11.6 Å². The van der Waals surface area contributed by atoms with Gasteiger partial charge in [0.1, 0.15) is 0 Å². The quantitative estimate of drug-likeness (QED) is 0.802.